The minimum Gasteiger partial charge on any atom is -0.497 e. The minimum atomic E-state index is -1.89. The summed E-state index contributed by atoms with van der Waals surface area (Å²) in [5.74, 6) is 0.695. The van der Waals surface area contributed by atoms with Gasteiger partial charge in [0.15, 0.2) is 6.16 Å². The Morgan fingerprint density at radius 2 is 1.63 bits per heavy atom. The molecule has 6 heteroatoms. The highest BCUT2D eigenvalue weighted by molar-refractivity contribution is 7.78. The number of anilines is 1. The number of benzene rings is 2. The quantitative estimate of drug-likeness (QED) is 0.291. The predicted octanol–water partition coefficient (Wildman–Crippen LogP) is 6.75. The summed E-state index contributed by atoms with van der Waals surface area (Å²) in [5.41, 5.74) is 3.69. The van der Waals surface area contributed by atoms with Gasteiger partial charge < -0.3 is 14.8 Å². The number of ether oxygens (including phenoxy) is 2. The zero-order chi connectivity index (χ0) is 25.3. The third-order valence-corrected chi connectivity index (χ3v) is 12.3. The lowest BCUT2D eigenvalue weighted by Gasteiger charge is -2.33. The fourth-order valence-corrected chi connectivity index (χ4v) is 10.4. The van der Waals surface area contributed by atoms with Crippen LogP contribution in [0.2, 0.25) is 0 Å². The first-order valence-electron chi connectivity index (χ1n) is 12.9. The smallest absolute Gasteiger partial charge is 0.344 e. The molecule has 1 saturated heterocycles. The molecule has 1 aliphatic rings. The molecule has 1 aliphatic heterocycles. The Hall–Kier alpha value is -2.39. The molecule has 0 aromatic heterocycles. The number of hydrogen-bond acceptors (Lipinski definition) is 4. The maximum Gasteiger partial charge on any atom is 0.344 e. The molecule has 1 fully saturated rings. The van der Waals surface area contributed by atoms with Crippen molar-refractivity contribution < 1.29 is 19.1 Å². The van der Waals surface area contributed by atoms with E-state index >= 15 is 0 Å². The molecule has 35 heavy (non-hydrogen) atoms. The van der Waals surface area contributed by atoms with Crippen LogP contribution in [-0.4, -0.2) is 43.1 Å². The molecule has 1 atom stereocenters. The first kappa shape index (κ1) is 27.2. The Kier molecular flexibility index (Phi) is 10.2. The van der Waals surface area contributed by atoms with Crippen molar-refractivity contribution in [2.45, 2.75) is 71.6 Å². The van der Waals surface area contributed by atoms with Crippen molar-refractivity contribution in [2.24, 2.45) is 0 Å². The van der Waals surface area contributed by atoms with Crippen LogP contribution in [0.15, 0.2) is 42.5 Å². The molecule has 0 radical (unpaired) electrons. The van der Waals surface area contributed by atoms with E-state index in [9.17, 15) is 9.59 Å². The molecule has 5 nitrogen and oxygen atoms in total. The zero-order valence-corrected chi connectivity index (χ0v) is 22.7. The maximum absolute atomic E-state index is 13.9. The summed E-state index contributed by atoms with van der Waals surface area (Å²) in [6.07, 6.45) is 8.65. The largest absolute Gasteiger partial charge is 0.497 e. The highest BCUT2D eigenvalue weighted by Gasteiger charge is 2.51. The highest BCUT2D eigenvalue weighted by Crippen LogP contribution is 2.66. The van der Waals surface area contributed by atoms with E-state index in [1.165, 1.54) is 12.8 Å². The van der Waals surface area contributed by atoms with Crippen molar-refractivity contribution in [3.8, 4) is 5.75 Å². The minimum absolute atomic E-state index is 0.0642. The standard InChI is InChI=1S/C29H40NO4P/c1-5-13-26(29(32)30-28-22(2)18-25(33-4)19-23(28)3)35(16-11-6-7-12-17-35)21-27(31)34-20-24-14-9-8-10-15-24/h8-10,14-15,18-19,26H,5-7,11-13,16-17,20-21H2,1-4H3/p+1. The summed E-state index contributed by atoms with van der Waals surface area (Å²) < 4.78 is 11.1. The molecule has 1 unspecified atom stereocenters. The summed E-state index contributed by atoms with van der Waals surface area (Å²) >= 11 is 0. The van der Waals surface area contributed by atoms with Crippen LogP contribution in [0.5, 0.6) is 5.75 Å². The van der Waals surface area contributed by atoms with E-state index in [4.69, 9.17) is 9.47 Å². The summed E-state index contributed by atoms with van der Waals surface area (Å²) in [7, 11) is -0.234. The van der Waals surface area contributed by atoms with Gasteiger partial charge in [0.1, 0.15) is 18.0 Å². The van der Waals surface area contributed by atoms with Crippen molar-refractivity contribution in [1.82, 2.24) is 0 Å². The van der Waals surface area contributed by atoms with Gasteiger partial charge in [-0.1, -0.05) is 43.7 Å². The van der Waals surface area contributed by atoms with Crippen molar-refractivity contribution in [2.75, 3.05) is 30.9 Å². The predicted molar refractivity (Wildman–Crippen MR) is 146 cm³/mol. The topological polar surface area (TPSA) is 64.6 Å². The van der Waals surface area contributed by atoms with E-state index in [1.54, 1.807) is 7.11 Å². The lowest BCUT2D eigenvalue weighted by Crippen LogP contribution is -2.36. The van der Waals surface area contributed by atoms with E-state index in [0.717, 1.165) is 66.1 Å². The number of carbonyl (C=O) groups is 2. The third-order valence-electron chi connectivity index (χ3n) is 7.16. The Morgan fingerprint density at radius 1 is 1.00 bits per heavy atom. The van der Waals surface area contributed by atoms with Crippen LogP contribution < -0.4 is 10.1 Å². The third kappa shape index (κ3) is 7.30. The highest BCUT2D eigenvalue weighted by atomic mass is 31.2. The molecular formula is C29H41NO4P+. The molecule has 3 rings (SSSR count). The van der Waals surface area contributed by atoms with Gasteiger partial charge in [-0.05, 0) is 74.8 Å². The molecule has 0 aliphatic carbocycles. The second-order valence-corrected chi connectivity index (χ2v) is 14.1. The van der Waals surface area contributed by atoms with Crippen LogP contribution in [0.3, 0.4) is 0 Å². The number of amides is 1. The summed E-state index contributed by atoms with van der Waals surface area (Å²) in [5, 5.41) is 3.27. The molecule has 0 bridgehead atoms. The SMILES string of the molecule is CCCC(C(=O)Nc1c(C)cc(OC)cc1C)[P+]1(CC(=O)OCc2ccccc2)CCCCCC1. The van der Waals surface area contributed by atoms with Gasteiger partial charge in [0.05, 0.1) is 19.4 Å². The second-order valence-electron chi connectivity index (χ2n) is 9.81. The second kappa shape index (κ2) is 13.1. The van der Waals surface area contributed by atoms with E-state index < -0.39 is 7.26 Å². The van der Waals surface area contributed by atoms with E-state index in [2.05, 4.69) is 12.2 Å². The molecule has 1 amide bonds. The van der Waals surface area contributed by atoms with Crippen LogP contribution in [-0.2, 0) is 20.9 Å². The molecule has 1 N–H and O–H groups in total. The molecule has 2 aromatic rings. The van der Waals surface area contributed by atoms with Crippen molar-refractivity contribution in [1.29, 1.82) is 0 Å². The van der Waals surface area contributed by atoms with Gasteiger partial charge in [0.2, 0.25) is 0 Å². The molecule has 1 heterocycles. The van der Waals surface area contributed by atoms with Gasteiger partial charge >= 0.3 is 5.97 Å². The van der Waals surface area contributed by atoms with Crippen molar-refractivity contribution in [3.05, 3.63) is 59.2 Å². The fraction of sp³-hybridized carbons (Fsp3) is 0.517. The van der Waals surface area contributed by atoms with E-state index in [-0.39, 0.29) is 24.1 Å². The van der Waals surface area contributed by atoms with Gasteiger partial charge in [0.25, 0.3) is 5.91 Å². The van der Waals surface area contributed by atoms with E-state index in [0.29, 0.717) is 6.16 Å². The Labute approximate surface area is 211 Å². The van der Waals surface area contributed by atoms with Crippen LogP contribution in [0.25, 0.3) is 0 Å². The number of esters is 1. The van der Waals surface area contributed by atoms with Crippen molar-refractivity contribution >= 4 is 24.8 Å². The molecule has 190 valence electrons. The number of aryl methyl sites for hydroxylation is 2. The summed E-state index contributed by atoms with van der Waals surface area (Å²) in [6, 6.07) is 13.7. The summed E-state index contributed by atoms with van der Waals surface area (Å²) in [6.45, 7) is 6.41. The van der Waals surface area contributed by atoms with Crippen LogP contribution >= 0.6 is 7.26 Å². The number of rotatable bonds is 10. The fourth-order valence-electron chi connectivity index (χ4n) is 5.31. The Morgan fingerprint density at radius 3 is 2.20 bits per heavy atom. The van der Waals surface area contributed by atoms with Gasteiger partial charge in [-0.3, -0.25) is 4.79 Å². The zero-order valence-electron chi connectivity index (χ0n) is 21.8. The number of carbonyl (C=O) groups excluding carboxylic acids is 2. The Balaban J connectivity index is 1.83. The molecule has 2 aromatic carbocycles. The molecule has 0 spiro atoms. The number of methoxy groups -OCH3 is 1. The Bertz CT molecular complexity index is 960. The first-order valence-corrected chi connectivity index (χ1v) is 15.3. The van der Waals surface area contributed by atoms with Crippen LogP contribution in [0, 0.1) is 13.8 Å². The van der Waals surface area contributed by atoms with Crippen LogP contribution in [0.4, 0.5) is 5.69 Å². The van der Waals surface area contributed by atoms with Gasteiger partial charge in [-0.25, -0.2) is 4.79 Å². The number of hydrogen-bond donors (Lipinski definition) is 1. The molecular weight excluding hydrogens is 457 g/mol. The average molecular weight is 499 g/mol. The van der Waals surface area contributed by atoms with Gasteiger partial charge in [-0.15, -0.1) is 0 Å². The van der Waals surface area contributed by atoms with Crippen LogP contribution in [0.1, 0.15) is 62.1 Å². The first-order chi connectivity index (χ1) is 16.9. The maximum atomic E-state index is 13.9. The van der Waals surface area contributed by atoms with Gasteiger partial charge in [0, 0.05) is 12.9 Å². The normalized spacial score (nSPS) is 16.1. The van der Waals surface area contributed by atoms with E-state index in [1.807, 2.05) is 56.3 Å². The number of nitrogens with one attached hydrogen (secondary N) is 1. The molecule has 0 saturated carbocycles. The average Bonchev–Trinajstić information content (AvgIpc) is 3.09. The van der Waals surface area contributed by atoms with Crippen molar-refractivity contribution in [3.63, 3.8) is 0 Å². The lowest BCUT2D eigenvalue weighted by atomic mass is 10.1. The monoisotopic (exact) mass is 498 g/mol. The summed E-state index contributed by atoms with van der Waals surface area (Å²) in [4.78, 5) is 27.0. The van der Waals surface area contributed by atoms with Gasteiger partial charge in [-0.2, -0.15) is 0 Å². The lowest BCUT2D eigenvalue weighted by molar-refractivity contribution is -0.141.